The molecule has 0 aliphatic carbocycles. The van der Waals surface area contributed by atoms with Crippen molar-refractivity contribution in [3.8, 4) is 0 Å². The van der Waals surface area contributed by atoms with Gasteiger partial charge in [-0.1, -0.05) is 11.6 Å². The van der Waals surface area contributed by atoms with Crippen LogP contribution in [-0.4, -0.2) is 50.6 Å². The highest BCUT2D eigenvalue weighted by Gasteiger charge is 2.28. The highest BCUT2D eigenvalue weighted by atomic mass is 35.5. The van der Waals surface area contributed by atoms with Crippen molar-refractivity contribution in [1.29, 1.82) is 0 Å². The first-order valence-corrected chi connectivity index (χ1v) is 7.26. The maximum Gasteiger partial charge on any atom is 0.318 e. The van der Waals surface area contributed by atoms with Crippen LogP contribution in [0.15, 0.2) is 23.1 Å². The van der Waals surface area contributed by atoms with Gasteiger partial charge in [0.15, 0.2) is 0 Å². The predicted octanol–water partition coefficient (Wildman–Crippen LogP) is 1.20. The molecule has 9 heteroatoms. The molecule has 1 N–H and O–H groups in total. The van der Waals surface area contributed by atoms with Crippen LogP contribution in [0.5, 0.6) is 0 Å². The Bertz CT molecular complexity index is 592. The number of carbonyl (C=O) groups is 1. The maximum atomic E-state index is 12.9. The van der Waals surface area contributed by atoms with Crippen molar-refractivity contribution in [2.45, 2.75) is 4.90 Å². The minimum atomic E-state index is -4.14. The van der Waals surface area contributed by atoms with E-state index in [1.54, 1.807) is 0 Å². The molecule has 1 rings (SSSR count). The molecule has 0 saturated heterocycles. The van der Waals surface area contributed by atoms with E-state index in [2.05, 4.69) is 0 Å². The lowest BCUT2D eigenvalue weighted by Gasteiger charge is -2.20. The molecule has 0 bridgehead atoms. The topological polar surface area (TPSA) is 83.9 Å². The number of rotatable bonds is 7. The van der Waals surface area contributed by atoms with Crippen molar-refractivity contribution in [3.63, 3.8) is 0 Å². The second kappa shape index (κ2) is 6.98. The molecule has 0 heterocycles. The lowest BCUT2D eigenvalue weighted by atomic mass is 10.3. The Balaban J connectivity index is 3.17. The molecule has 20 heavy (non-hydrogen) atoms. The largest absolute Gasteiger partial charge is 0.480 e. The number of benzene rings is 1. The SMILES string of the molecule is COCCN(CC(=O)O)S(=O)(=O)c1ccc(F)cc1Cl. The van der Waals surface area contributed by atoms with E-state index in [1.807, 2.05) is 0 Å². The van der Waals surface area contributed by atoms with E-state index >= 15 is 0 Å². The van der Waals surface area contributed by atoms with Gasteiger partial charge in [-0.2, -0.15) is 4.31 Å². The van der Waals surface area contributed by atoms with Crippen molar-refractivity contribution in [1.82, 2.24) is 4.31 Å². The fraction of sp³-hybridized carbons (Fsp3) is 0.364. The van der Waals surface area contributed by atoms with Crippen LogP contribution in [0.1, 0.15) is 0 Å². The number of methoxy groups -OCH3 is 1. The normalized spacial score (nSPS) is 11.8. The van der Waals surface area contributed by atoms with Crippen molar-refractivity contribution in [3.05, 3.63) is 29.0 Å². The van der Waals surface area contributed by atoms with Gasteiger partial charge in [0.05, 0.1) is 11.6 Å². The summed E-state index contributed by atoms with van der Waals surface area (Å²) in [5, 5.41) is 8.46. The van der Waals surface area contributed by atoms with Gasteiger partial charge in [0.1, 0.15) is 17.3 Å². The summed E-state index contributed by atoms with van der Waals surface area (Å²) in [6, 6.07) is 2.78. The van der Waals surface area contributed by atoms with Crippen molar-refractivity contribution >= 4 is 27.6 Å². The van der Waals surface area contributed by atoms with Crippen molar-refractivity contribution in [2.24, 2.45) is 0 Å². The molecule has 0 atom stereocenters. The van der Waals surface area contributed by atoms with Gasteiger partial charge in [0, 0.05) is 13.7 Å². The zero-order chi connectivity index (χ0) is 15.3. The zero-order valence-electron chi connectivity index (χ0n) is 10.5. The summed E-state index contributed by atoms with van der Waals surface area (Å²) in [6.07, 6.45) is 0. The number of sulfonamides is 1. The maximum absolute atomic E-state index is 12.9. The summed E-state index contributed by atoms with van der Waals surface area (Å²) in [5.74, 6) is -2.00. The molecular formula is C11H13ClFNO5S. The van der Waals surface area contributed by atoms with Crippen LogP contribution in [0, 0.1) is 5.82 Å². The minimum absolute atomic E-state index is 0.0192. The van der Waals surface area contributed by atoms with Crippen LogP contribution in [0.2, 0.25) is 5.02 Å². The third-order valence-corrected chi connectivity index (χ3v) is 4.70. The molecule has 0 aliphatic rings. The fourth-order valence-corrected chi connectivity index (χ4v) is 3.33. The van der Waals surface area contributed by atoms with Crippen LogP contribution < -0.4 is 0 Å². The van der Waals surface area contributed by atoms with Gasteiger partial charge in [-0.15, -0.1) is 0 Å². The van der Waals surface area contributed by atoms with E-state index in [-0.39, 0.29) is 23.1 Å². The third-order valence-electron chi connectivity index (χ3n) is 2.37. The molecule has 1 aromatic rings. The number of aliphatic carboxylic acids is 1. The highest BCUT2D eigenvalue weighted by Crippen LogP contribution is 2.25. The molecule has 0 aliphatic heterocycles. The summed E-state index contributed by atoms with van der Waals surface area (Å²) in [4.78, 5) is 10.4. The highest BCUT2D eigenvalue weighted by molar-refractivity contribution is 7.89. The molecule has 6 nitrogen and oxygen atoms in total. The van der Waals surface area contributed by atoms with Crippen LogP contribution in [-0.2, 0) is 19.6 Å². The Hall–Kier alpha value is -1.22. The Morgan fingerprint density at radius 3 is 2.65 bits per heavy atom. The average molecular weight is 326 g/mol. The minimum Gasteiger partial charge on any atom is -0.480 e. The summed E-state index contributed by atoms with van der Waals surface area (Å²) >= 11 is 5.70. The Labute approximate surface area is 120 Å². The smallest absolute Gasteiger partial charge is 0.318 e. The monoisotopic (exact) mass is 325 g/mol. The summed E-state index contributed by atoms with van der Waals surface area (Å²) < 4.78 is 43.0. The molecule has 1 aromatic carbocycles. The van der Waals surface area contributed by atoms with E-state index in [9.17, 15) is 17.6 Å². The molecule has 112 valence electrons. The standard InChI is InChI=1S/C11H13ClFNO5S/c1-19-5-4-14(7-11(15)16)20(17,18)10-3-2-8(13)6-9(10)12/h2-3,6H,4-5,7H2,1H3,(H,15,16). The van der Waals surface area contributed by atoms with E-state index in [4.69, 9.17) is 21.4 Å². The second-order valence-corrected chi connectivity index (χ2v) is 6.11. The number of carboxylic acid groups (broad SMARTS) is 1. The Morgan fingerprint density at radius 1 is 1.50 bits per heavy atom. The lowest BCUT2D eigenvalue weighted by molar-refractivity contribution is -0.137. The van der Waals surface area contributed by atoms with Gasteiger partial charge in [-0.3, -0.25) is 4.79 Å². The van der Waals surface area contributed by atoms with Crippen LogP contribution in [0.25, 0.3) is 0 Å². The molecule has 0 fully saturated rings. The number of carboxylic acids is 1. The predicted molar refractivity (Wildman–Crippen MR) is 69.7 cm³/mol. The number of hydrogen-bond acceptors (Lipinski definition) is 4. The van der Waals surface area contributed by atoms with E-state index < -0.39 is 28.4 Å². The molecule has 0 spiro atoms. The van der Waals surface area contributed by atoms with Gasteiger partial charge in [-0.05, 0) is 18.2 Å². The lowest BCUT2D eigenvalue weighted by Crippen LogP contribution is -2.38. The molecule has 0 aromatic heterocycles. The van der Waals surface area contributed by atoms with Crippen LogP contribution >= 0.6 is 11.6 Å². The van der Waals surface area contributed by atoms with Crippen LogP contribution in [0.3, 0.4) is 0 Å². The number of halogens is 2. The second-order valence-electron chi connectivity index (χ2n) is 3.80. The summed E-state index contributed by atoms with van der Waals surface area (Å²) in [7, 11) is -2.78. The Morgan fingerprint density at radius 2 is 2.15 bits per heavy atom. The number of ether oxygens (including phenoxy) is 1. The molecule has 0 radical (unpaired) electrons. The molecular weight excluding hydrogens is 313 g/mol. The first-order valence-electron chi connectivity index (χ1n) is 5.45. The number of nitrogens with zero attached hydrogens (tertiary/aromatic N) is 1. The first-order chi connectivity index (χ1) is 9.28. The quantitative estimate of drug-likeness (QED) is 0.814. The zero-order valence-corrected chi connectivity index (χ0v) is 12.1. The molecule has 0 amide bonds. The fourth-order valence-electron chi connectivity index (χ4n) is 1.45. The van der Waals surface area contributed by atoms with Gasteiger partial charge in [-0.25, -0.2) is 12.8 Å². The van der Waals surface area contributed by atoms with E-state index in [0.29, 0.717) is 4.31 Å². The van der Waals surface area contributed by atoms with E-state index in [0.717, 1.165) is 18.2 Å². The van der Waals surface area contributed by atoms with Gasteiger partial charge >= 0.3 is 5.97 Å². The average Bonchev–Trinajstić information content (AvgIpc) is 2.33. The summed E-state index contributed by atoms with van der Waals surface area (Å²) in [6.45, 7) is -0.871. The van der Waals surface area contributed by atoms with Gasteiger partial charge in [0.25, 0.3) is 0 Å². The Kier molecular flexibility index (Phi) is 5.88. The molecule has 0 saturated carbocycles. The van der Waals surface area contributed by atoms with Gasteiger partial charge in [0.2, 0.25) is 10.0 Å². The van der Waals surface area contributed by atoms with Crippen molar-refractivity contribution in [2.75, 3.05) is 26.8 Å². The third kappa shape index (κ3) is 4.14. The van der Waals surface area contributed by atoms with Crippen molar-refractivity contribution < 1.29 is 27.4 Å². The van der Waals surface area contributed by atoms with E-state index in [1.165, 1.54) is 7.11 Å². The van der Waals surface area contributed by atoms with Gasteiger partial charge < -0.3 is 9.84 Å². The molecule has 0 unspecified atom stereocenters. The summed E-state index contributed by atoms with van der Waals surface area (Å²) in [5.41, 5.74) is 0. The number of hydrogen-bond donors (Lipinski definition) is 1. The van der Waals surface area contributed by atoms with Crippen LogP contribution in [0.4, 0.5) is 4.39 Å². The first kappa shape index (κ1) is 16.8.